The molecular weight excluding hydrogens is 541 g/mol. The summed E-state index contributed by atoms with van der Waals surface area (Å²) in [5, 5.41) is 3.45. The van der Waals surface area contributed by atoms with Crippen molar-refractivity contribution in [1.82, 2.24) is 0 Å². The third kappa shape index (κ3) is 5.24. The maximum absolute atomic E-state index is 4.53. The van der Waals surface area contributed by atoms with E-state index < -0.39 is 0 Å². The second kappa shape index (κ2) is 11.7. The smallest absolute Gasteiger partial charge is 0.0563 e. The number of para-hydroxylation sites is 2. The molecule has 1 aliphatic carbocycles. The molecule has 0 bridgehead atoms. The van der Waals surface area contributed by atoms with Gasteiger partial charge in [-0.25, -0.2) is 0 Å². The molecule has 3 heteroatoms. The normalized spacial score (nSPS) is 15.0. The zero-order valence-electron chi connectivity index (χ0n) is 23.9. The highest BCUT2D eigenvalue weighted by atomic mass is 32.2. The van der Waals surface area contributed by atoms with Gasteiger partial charge in [-0.3, -0.25) is 0 Å². The van der Waals surface area contributed by atoms with Gasteiger partial charge in [0.2, 0.25) is 0 Å². The molecule has 0 fully saturated rings. The van der Waals surface area contributed by atoms with Crippen LogP contribution in [0, 0.1) is 0 Å². The molecule has 43 heavy (non-hydrogen) atoms. The van der Waals surface area contributed by atoms with Gasteiger partial charge in [0.05, 0.1) is 5.70 Å². The van der Waals surface area contributed by atoms with Gasteiger partial charge >= 0.3 is 0 Å². The van der Waals surface area contributed by atoms with E-state index in [-0.39, 0.29) is 0 Å². The minimum Gasteiger partial charge on any atom is -0.356 e. The third-order valence-corrected chi connectivity index (χ3v) is 9.41. The van der Waals surface area contributed by atoms with Crippen molar-refractivity contribution in [3.8, 4) is 0 Å². The zero-order valence-corrected chi connectivity index (χ0v) is 24.7. The standard InChI is InChI=1S/C40H32N2S/c1-28(34-18-9-10-19-35(34)29(2)41-31-14-5-3-6-15-31)30-24-26-33(27-25-30)42(32-16-7-4-8-17-32)38-22-13-21-37-36-20-11-12-23-39(36)43-40(37)38/h3-20,22-27,37,41H,1-2,21H2. The van der Waals surface area contributed by atoms with E-state index in [0.29, 0.717) is 5.92 Å². The summed E-state index contributed by atoms with van der Waals surface area (Å²) in [7, 11) is 0. The topological polar surface area (TPSA) is 15.3 Å². The van der Waals surface area contributed by atoms with Crippen LogP contribution in [0.2, 0.25) is 0 Å². The summed E-state index contributed by atoms with van der Waals surface area (Å²) in [6.45, 7) is 8.88. The Labute approximate surface area is 258 Å². The van der Waals surface area contributed by atoms with Crippen molar-refractivity contribution in [3.05, 3.63) is 192 Å². The van der Waals surface area contributed by atoms with E-state index in [0.717, 1.165) is 51.4 Å². The molecule has 0 spiro atoms. The summed E-state index contributed by atoms with van der Waals surface area (Å²) in [6, 6.07) is 46.8. The van der Waals surface area contributed by atoms with Crippen molar-refractivity contribution in [2.45, 2.75) is 17.2 Å². The molecule has 0 radical (unpaired) electrons. The summed E-state index contributed by atoms with van der Waals surface area (Å²) in [6.07, 6.45) is 5.66. The van der Waals surface area contributed by atoms with Gasteiger partial charge in [-0.05, 0) is 77.2 Å². The molecule has 1 atom stereocenters. The molecule has 5 aromatic rings. The van der Waals surface area contributed by atoms with Crippen molar-refractivity contribution in [1.29, 1.82) is 0 Å². The second-order valence-corrected chi connectivity index (χ2v) is 11.9. The number of nitrogens with one attached hydrogen (secondary N) is 1. The van der Waals surface area contributed by atoms with E-state index in [1.54, 1.807) is 0 Å². The van der Waals surface area contributed by atoms with Gasteiger partial charge in [0.25, 0.3) is 0 Å². The van der Waals surface area contributed by atoms with Gasteiger partial charge in [-0.15, -0.1) is 0 Å². The lowest BCUT2D eigenvalue weighted by Gasteiger charge is -2.31. The van der Waals surface area contributed by atoms with Gasteiger partial charge in [0.1, 0.15) is 0 Å². The quantitative estimate of drug-likeness (QED) is 0.199. The summed E-state index contributed by atoms with van der Waals surface area (Å²) < 4.78 is 0. The number of rotatable bonds is 8. The molecule has 2 nitrogen and oxygen atoms in total. The fourth-order valence-electron chi connectivity index (χ4n) is 5.98. The minimum absolute atomic E-state index is 0.403. The SMILES string of the molecule is C=C(Nc1ccccc1)c1ccccc1C(=C)c1ccc(N(C2=C3Sc4ccccc4C3CC=C2)c2ccccc2)cc1. The minimum atomic E-state index is 0.403. The van der Waals surface area contributed by atoms with Crippen LogP contribution in [0.5, 0.6) is 0 Å². The molecule has 7 rings (SSSR count). The highest BCUT2D eigenvalue weighted by Gasteiger charge is 2.33. The van der Waals surface area contributed by atoms with Crippen molar-refractivity contribution in [3.63, 3.8) is 0 Å². The van der Waals surface area contributed by atoms with Crippen molar-refractivity contribution in [2.24, 2.45) is 0 Å². The molecular formula is C40H32N2S. The predicted molar refractivity (Wildman–Crippen MR) is 185 cm³/mol. The number of allylic oxidation sites excluding steroid dienone is 3. The molecule has 1 N–H and O–H groups in total. The van der Waals surface area contributed by atoms with Gasteiger partial charge in [-0.1, -0.05) is 122 Å². The Morgan fingerprint density at radius 3 is 2.07 bits per heavy atom. The van der Waals surface area contributed by atoms with Crippen LogP contribution in [0.4, 0.5) is 17.1 Å². The molecule has 1 aliphatic heterocycles. The van der Waals surface area contributed by atoms with Gasteiger partial charge < -0.3 is 10.2 Å². The highest BCUT2D eigenvalue weighted by Crippen LogP contribution is 2.54. The number of nitrogens with zero attached hydrogens (tertiary/aromatic N) is 1. The zero-order chi connectivity index (χ0) is 29.2. The molecule has 5 aromatic carbocycles. The van der Waals surface area contributed by atoms with E-state index in [2.05, 4.69) is 133 Å². The first-order valence-corrected chi connectivity index (χ1v) is 15.4. The van der Waals surface area contributed by atoms with Crippen LogP contribution < -0.4 is 10.2 Å². The van der Waals surface area contributed by atoms with Crippen molar-refractivity contribution in [2.75, 3.05) is 10.2 Å². The predicted octanol–water partition coefficient (Wildman–Crippen LogP) is 11.0. The average Bonchev–Trinajstić information content (AvgIpc) is 3.45. The fraction of sp³-hybridized carbons (Fsp3) is 0.0500. The number of benzene rings is 5. The van der Waals surface area contributed by atoms with E-state index >= 15 is 0 Å². The maximum atomic E-state index is 4.53. The number of anilines is 3. The average molecular weight is 573 g/mol. The molecule has 208 valence electrons. The van der Waals surface area contributed by atoms with Crippen LogP contribution in [0.15, 0.2) is 174 Å². The maximum Gasteiger partial charge on any atom is 0.0563 e. The molecule has 0 amide bonds. The van der Waals surface area contributed by atoms with E-state index in [4.69, 9.17) is 0 Å². The summed E-state index contributed by atoms with van der Waals surface area (Å²) >= 11 is 1.91. The molecule has 0 saturated carbocycles. The number of hydrogen-bond donors (Lipinski definition) is 1. The highest BCUT2D eigenvalue weighted by molar-refractivity contribution is 8.03. The van der Waals surface area contributed by atoms with E-state index in [1.165, 1.54) is 21.1 Å². The Morgan fingerprint density at radius 2 is 1.30 bits per heavy atom. The fourth-order valence-corrected chi connectivity index (χ4v) is 7.32. The number of thioether (sulfide) groups is 1. The Bertz CT molecular complexity index is 1870. The lowest BCUT2D eigenvalue weighted by Crippen LogP contribution is -2.19. The molecule has 2 aliphatic rings. The summed E-state index contributed by atoms with van der Waals surface area (Å²) in [5.41, 5.74) is 10.9. The molecule has 0 saturated heterocycles. The molecule has 0 aromatic heterocycles. The van der Waals surface area contributed by atoms with Crippen LogP contribution in [0.3, 0.4) is 0 Å². The number of fused-ring (bicyclic) bond motifs is 3. The van der Waals surface area contributed by atoms with Crippen molar-refractivity contribution >= 4 is 40.1 Å². The molecule has 1 unspecified atom stereocenters. The van der Waals surface area contributed by atoms with Crippen LogP contribution in [0.1, 0.15) is 34.6 Å². The summed E-state index contributed by atoms with van der Waals surface area (Å²) in [4.78, 5) is 5.17. The first-order valence-electron chi connectivity index (χ1n) is 14.6. The lowest BCUT2D eigenvalue weighted by molar-refractivity contribution is 0.822. The van der Waals surface area contributed by atoms with Crippen molar-refractivity contribution < 1.29 is 0 Å². The van der Waals surface area contributed by atoms with Gasteiger partial charge in [0, 0.05) is 44.0 Å². The number of hydrogen-bond acceptors (Lipinski definition) is 3. The van der Waals surface area contributed by atoms with Crippen LogP contribution in [-0.2, 0) is 0 Å². The largest absolute Gasteiger partial charge is 0.356 e. The molecule has 1 heterocycles. The van der Waals surface area contributed by atoms with Crippen LogP contribution >= 0.6 is 11.8 Å². The van der Waals surface area contributed by atoms with Gasteiger partial charge in [-0.2, -0.15) is 0 Å². The van der Waals surface area contributed by atoms with Crippen LogP contribution in [-0.4, -0.2) is 0 Å². The second-order valence-electron chi connectivity index (χ2n) is 10.8. The monoisotopic (exact) mass is 572 g/mol. The first-order chi connectivity index (χ1) is 21.2. The Balaban J connectivity index is 1.22. The Morgan fingerprint density at radius 1 is 0.674 bits per heavy atom. The first kappa shape index (κ1) is 26.9. The van der Waals surface area contributed by atoms with Gasteiger partial charge in [0.15, 0.2) is 0 Å². The third-order valence-electron chi connectivity index (χ3n) is 8.11. The Hall–Kier alpha value is -4.99. The summed E-state index contributed by atoms with van der Waals surface area (Å²) in [5.74, 6) is 0.403. The van der Waals surface area contributed by atoms with Crippen LogP contribution in [0.25, 0.3) is 11.3 Å². The lowest BCUT2D eigenvalue weighted by atomic mass is 9.91. The Kier molecular flexibility index (Phi) is 7.32. The van der Waals surface area contributed by atoms with E-state index in [9.17, 15) is 0 Å². The van der Waals surface area contributed by atoms with E-state index in [1.807, 2.05) is 48.2 Å².